The summed E-state index contributed by atoms with van der Waals surface area (Å²) >= 11 is 0. The zero-order chi connectivity index (χ0) is 26.8. The molecule has 1 fully saturated rings. The van der Waals surface area contributed by atoms with Crippen LogP contribution in [0, 0.1) is 6.92 Å². The van der Waals surface area contributed by atoms with Crippen LogP contribution in [0.4, 0.5) is 0 Å². The Hall–Kier alpha value is -3.98. The summed E-state index contributed by atoms with van der Waals surface area (Å²) in [7, 11) is 0. The third-order valence-electron chi connectivity index (χ3n) is 6.04. The highest BCUT2D eigenvalue weighted by Crippen LogP contribution is 2.27. The molecule has 0 spiro atoms. The normalized spacial score (nSPS) is 13.4. The van der Waals surface area contributed by atoms with Gasteiger partial charge in [0, 0.05) is 17.7 Å². The Balaban J connectivity index is 0.000000414. The topological polar surface area (TPSA) is 134 Å². The van der Waals surface area contributed by atoms with Crippen LogP contribution in [0.3, 0.4) is 0 Å². The molecule has 1 aliphatic rings. The van der Waals surface area contributed by atoms with Gasteiger partial charge < -0.3 is 19.4 Å². The molecule has 2 aromatic carbocycles. The van der Waals surface area contributed by atoms with Crippen LogP contribution in [-0.2, 0) is 14.3 Å². The van der Waals surface area contributed by atoms with Crippen molar-refractivity contribution >= 4 is 28.9 Å². The first-order chi connectivity index (χ1) is 17.8. The van der Waals surface area contributed by atoms with E-state index < -0.39 is 17.9 Å². The van der Waals surface area contributed by atoms with E-state index in [1.165, 1.54) is 19.3 Å². The van der Waals surface area contributed by atoms with Gasteiger partial charge in [0.05, 0.1) is 18.2 Å². The van der Waals surface area contributed by atoms with Crippen LogP contribution in [0.5, 0.6) is 0 Å². The van der Waals surface area contributed by atoms with Gasteiger partial charge in [-0.15, -0.1) is 0 Å². The third kappa shape index (κ3) is 7.75. The summed E-state index contributed by atoms with van der Waals surface area (Å²) in [5.41, 5.74) is 1.77. The zero-order valence-corrected chi connectivity index (χ0v) is 20.8. The number of carboxylic acid groups (broad SMARTS) is 2. The Bertz CT molecular complexity index is 1280. The second-order valence-corrected chi connectivity index (χ2v) is 8.76. The molecule has 37 heavy (non-hydrogen) atoms. The maximum atomic E-state index is 12.9. The summed E-state index contributed by atoms with van der Waals surface area (Å²) in [6, 6.07) is 14.5. The minimum atomic E-state index is -1.08. The monoisotopic (exact) mass is 509 g/mol. The van der Waals surface area contributed by atoms with Gasteiger partial charge in [0.25, 0.3) is 0 Å². The van der Waals surface area contributed by atoms with Crippen molar-refractivity contribution in [2.75, 3.05) is 26.2 Å². The van der Waals surface area contributed by atoms with Crippen molar-refractivity contribution in [1.29, 1.82) is 0 Å². The van der Waals surface area contributed by atoms with E-state index in [9.17, 15) is 19.2 Å². The number of carboxylic acids is 2. The fraction of sp³-hybridized carbons (Fsp3) is 0.357. The van der Waals surface area contributed by atoms with Crippen molar-refractivity contribution in [2.45, 2.75) is 39.0 Å². The molecule has 0 amide bonds. The number of esters is 1. The molecule has 9 heteroatoms. The zero-order valence-electron chi connectivity index (χ0n) is 20.8. The SMILES string of the molecule is Cc1c(-c2ccccc2)oc2c(C(=O)OCCN3CCCCC3)cccc2c1=O.O=C(O)CCC(=O)O. The molecule has 0 radical (unpaired) electrons. The van der Waals surface area contributed by atoms with Crippen molar-refractivity contribution < 1.29 is 33.8 Å². The molecule has 9 nitrogen and oxygen atoms in total. The summed E-state index contributed by atoms with van der Waals surface area (Å²) in [4.78, 5) is 47.2. The number of nitrogens with zero attached hydrogens (tertiary/aromatic N) is 1. The van der Waals surface area contributed by atoms with Gasteiger partial charge >= 0.3 is 17.9 Å². The Labute approximate surface area is 214 Å². The van der Waals surface area contributed by atoms with Crippen molar-refractivity contribution in [3.05, 3.63) is 69.9 Å². The lowest BCUT2D eigenvalue weighted by molar-refractivity contribution is -0.143. The number of hydrogen-bond donors (Lipinski definition) is 2. The number of carbonyl (C=O) groups excluding carboxylic acids is 1. The van der Waals surface area contributed by atoms with Gasteiger partial charge in [-0.25, -0.2) is 4.79 Å². The van der Waals surface area contributed by atoms with Gasteiger partial charge in [0.2, 0.25) is 0 Å². The Morgan fingerprint density at radius 3 is 2.19 bits per heavy atom. The molecule has 0 bridgehead atoms. The second-order valence-electron chi connectivity index (χ2n) is 8.76. The molecule has 1 saturated heterocycles. The van der Waals surface area contributed by atoms with Gasteiger partial charge in [0.15, 0.2) is 11.0 Å². The quantitative estimate of drug-likeness (QED) is 0.425. The smallest absolute Gasteiger partial charge is 0.342 e. The highest BCUT2D eigenvalue weighted by Gasteiger charge is 2.19. The Morgan fingerprint density at radius 1 is 0.919 bits per heavy atom. The van der Waals surface area contributed by atoms with E-state index in [-0.39, 0.29) is 29.4 Å². The number of fused-ring (bicyclic) bond motifs is 1. The molecule has 0 atom stereocenters. The highest BCUT2D eigenvalue weighted by atomic mass is 16.5. The summed E-state index contributed by atoms with van der Waals surface area (Å²) in [6.45, 7) is 4.92. The molecule has 1 aliphatic heterocycles. The number of benzene rings is 2. The molecule has 1 aromatic heterocycles. The predicted octanol–water partition coefficient (Wildman–Crippen LogP) is 4.35. The number of para-hydroxylation sites is 1. The van der Waals surface area contributed by atoms with Gasteiger partial charge in [0.1, 0.15) is 17.9 Å². The van der Waals surface area contributed by atoms with E-state index in [2.05, 4.69) is 4.90 Å². The van der Waals surface area contributed by atoms with Crippen LogP contribution in [0.1, 0.15) is 48.0 Å². The first-order valence-corrected chi connectivity index (χ1v) is 12.2. The number of ether oxygens (including phenoxy) is 1. The molecule has 196 valence electrons. The van der Waals surface area contributed by atoms with Gasteiger partial charge in [-0.1, -0.05) is 42.8 Å². The number of likely N-dealkylation sites (tertiary alicyclic amines) is 1. The van der Waals surface area contributed by atoms with Crippen molar-refractivity contribution in [3.63, 3.8) is 0 Å². The van der Waals surface area contributed by atoms with E-state index in [1.807, 2.05) is 30.3 Å². The maximum Gasteiger partial charge on any atom is 0.342 e. The fourth-order valence-corrected chi connectivity index (χ4v) is 4.08. The van der Waals surface area contributed by atoms with E-state index in [0.717, 1.165) is 25.2 Å². The van der Waals surface area contributed by atoms with Gasteiger partial charge in [-0.2, -0.15) is 0 Å². The van der Waals surface area contributed by atoms with E-state index in [0.29, 0.717) is 23.3 Å². The van der Waals surface area contributed by atoms with Crippen molar-refractivity contribution in [2.24, 2.45) is 0 Å². The van der Waals surface area contributed by atoms with Crippen molar-refractivity contribution in [3.8, 4) is 11.3 Å². The van der Waals surface area contributed by atoms with Crippen LogP contribution in [0.2, 0.25) is 0 Å². The van der Waals surface area contributed by atoms with Crippen LogP contribution in [-0.4, -0.2) is 59.3 Å². The van der Waals surface area contributed by atoms with Crippen LogP contribution in [0.25, 0.3) is 22.3 Å². The van der Waals surface area contributed by atoms with Gasteiger partial charge in [-0.05, 0) is 45.0 Å². The minimum Gasteiger partial charge on any atom is -0.481 e. The maximum absolute atomic E-state index is 12.9. The number of aliphatic carboxylic acids is 2. The molecule has 0 saturated carbocycles. The minimum absolute atomic E-state index is 0.131. The fourth-order valence-electron chi connectivity index (χ4n) is 4.08. The molecule has 2 N–H and O–H groups in total. The standard InChI is InChI=1S/C24H25NO4.C4H6O4/c1-17-21(26)19-11-8-12-20(23(19)29-22(17)18-9-4-2-5-10-18)24(27)28-16-15-25-13-6-3-7-14-25;5-3(6)1-2-4(7)8/h2,4-5,8-12H,3,6-7,13-16H2,1H3;1-2H2,(H,5,6)(H,7,8). The lowest BCUT2D eigenvalue weighted by Gasteiger charge is -2.25. The van der Waals surface area contributed by atoms with Crippen LogP contribution >= 0.6 is 0 Å². The molecule has 2 heterocycles. The molecular formula is C28H31NO8. The number of hydrogen-bond acceptors (Lipinski definition) is 7. The molecule has 3 aromatic rings. The first-order valence-electron chi connectivity index (χ1n) is 12.2. The number of rotatable bonds is 8. The van der Waals surface area contributed by atoms with E-state index in [4.69, 9.17) is 19.4 Å². The largest absolute Gasteiger partial charge is 0.481 e. The second kappa shape index (κ2) is 13.4. The summed E-state index contributed by atoms with van der Waals surface area (Å²) in [6.07, 6.45) is 3.08. The van der Waals surface area contributed by atoms with Crippen molar-refractivity contribution in [1.82, 2.24) is 4.90 Å². The number of carbonyl (C=O) groups is 3. The lowest BCUT2D eigenvalue weighted by atomic mass is 10.0. The summed E-state index contributed by atoms with van der Waals surface area (Å²) in [5, 5.41) is 16.2. The lowest BCUT2D eigenvalue weighted by Crippen LogP contribution is -2.33. The highest BCUT2D eigenvalue weighted by molar-refractivity contribution is 6.02. The average Bonchev–Trinajstić information content (AvgIpc) is 2.90. The number of piperidine rings is 1. The molecular weight excluding hydrogens is 478 g/mol. The Kier molecular flexibility index (Phi) is 9.97. The average molecular weight is 510 g/mol. The predicted molar refractivity (Wildman–Crippen MR) is 138 cm³/mol. The first kappa shape index (κ1) is 27.6. The molecule has 4 rings (SSSR count). The molecule has 0 unspecified atom stereocenters. The Morgan fingerprint density at radius 2 is 1.57 bits per heavy atom. The molecule has 0 aliphatic carbocycles. The van der Waals surface area contributed by atoms with Gasteiger partial charge in [-0.3, -0.25) is 19.3 Å². The summed E-state index contributed by atoms with van der Waals surface area (Å²) < 4.78 is 11.6. The summed E-state index contributed by atoms with van der Waals surface area (Å²) in [5.74, 6) is -2.13. The van der Waals surface area contributed by atoms with E-state index in [1.54, 1.807) is 25.1 Å². The third-order valence-corrected chi connectivity index (χ3v) is 6.04. The van der Waals surface area contributed by atoms with E-state index >= 15 is 0 Å². The van der Waals surface area contributed by atoms with Crippen LogP contribution in [0.15, 0.2) is 57.7 Å². The van der Waals surface area contributed by atoms with Crippen LogP contribution < -0.4 is 5.43 Å².